The number of thiazole rings is 1. The van der Waals surface area contributed by atoms with Crippen LogP contribution in [-0.4, -0.2) is 47.5 Å². The van der Waals surface area contributed by atoms with Crippen LogP contribution in [-0.2, 0) is 6.54 Å². The molecule has 0 aliphatic rings. The highest BCUT2D eigenvalue weighted by Gasteiger charge is 2.15. The number of nitrogens with zero attached hydrogens (tertiary/aromatic N) is 3. The van der Waals surface area contributed by atoms with Crippen molar-refractivity contribution < 1.29 is 4.79 Å². The average Bonchev–Trinajstić information content (AvgIpc) is 3.18. The molecule has 0 bridgehead atoms. The first-order valence-electron chi connectivity index (χ1n) is 8.07. The second-order valence-electron chi connectivity index (χ2n) is 5.93. The number of para-hydroxylation sites is 1. The van der Waals surface area contributed by atoms with Gasteiger partial charge in [0.2, 0.25) is 0 Å². The van der Waals surface area contributed by atoms with E-state index >= 15 is 0 Å². The fourth-order valence-corrected chi connectivity index (χ4v) is 3.53. The van der Waals surface area contributed by atoms with Crippen LogP contribution in [0.1, 0.15) is 17.4 Å². The lowest BCUT2D eigenvalue weighted by molar-refractivity contribution is 0.0947. The van der Waals surface area contributed by atoms with Gasteiger partial charge >= 0.3 is 0 Å². The highest BCUT2D eigenvalue weighted by atomic mass is 32.1. The normalized spacial score (nSPS) is 11.3. The Morgan fingerprint density at radius 3 is 2.88 bits per heavy atom. The molecule has 0 saturated carbocycles. The minimum Gasteiger partial charge on any atom is -0.349 e. The zero-order chi connectivity index (χ0) is 17.1. The number of hydrogen-bond donors (Lipinski definition) is 1. The number of carbonyl (C=O) groups excluding carboxylic acids is 1. The van der Waals surface area contributed by atoms with E-state index in [2.05, 4.69) is 40.0 Å². The van der Waals surface area contributed by atoms with E-state index in [0.29, 0.717) is 12.2 Å². The first-order valence-corrected chi connectivity index (χ1v) is 8.95. The van der Waals surface area contributed by atoms with E-state index < -0.39 is 0 Å². The molecular formula is C18H22N4OS. The molecule has 0 unspecified atom stereocenters. The molecule has 1 N–H and O–H groups in total. The van der Waals surface area contributed by atoms with Crippen molar-refractivity contribution >= 4 is 28.1 Å². The van der Waals surface area contributed by atoms with E-state index in [1.54, 1.807) is 0 Å². The fraction of sp³-hybridized carbons (Fsp3) is 0.333. The summed E-state index contributed by atoms with van der Waals surface area (Å²) in [5, 5.41) is 6.81. The topological polar surface area (TPSA) is 50.2 Å². The molecule has 0 aliphatic heterocycles. The molecular weight excluding hydrogens is 320 g/mol. The summed E-state index contributed by atoms with van der Waals surface area (Å²) in [6.07, 6.45) is 0. The minimum absolute atomic E-state index is 0.112. The lowest BCUT2D eigenvalue weighted by Crippen LogP contribution is -2.31. The summed E-state index contributed by atoms with van der Waals surface area (Å²) in [4.78, 5) is 18.8. The summed E-state index contributed by atoms with van der Waals surface area (Å²) in [6, 6.07) is 10.4. The summed E-state index contributed by atoms with van der Waals surface area (Å²) in [5.74, 6) is -0.112. The van der Waals surface area contributed by atoms with Gasteiger partial charge in [0.05, 0.1) is 5.69 Å². The smallest absolute Gasteiger partial charge is 0.270 e. The molecule has 2 aromatic heterocycles. The lowest BCUT2D eigenvalue weighted by Gasteiger charge is -2.09. The van der Waals surface area contributed by atoms with Gasteiger partial charge in [-0.15, -0.1) is 11.3 Å². The van der Waals surface area contributed by atoms with Crippen LogP contribution in [0.5, 0.6) is 0 Å². The molecule has 0 fully saturated rings. The third kappa shape index (κ3) is 3.34. The molecule has 0 atom stereocenters. The zero-order valence-corrected chi connectivity index (χ0v) is 15.1. The summed E-state index contributed by atoms with van der Waals surface area (Å²) < 4.78 is 2.24. The van der Waals surface area contributed by atoms with E-state index in [4.69, 9.17) is 0 Å². The fourth-order valence-electron chi connectivity index (χ4n) is 2.71. The standard InChI is InChI=1S/C18H22N4OS/c1-4-22-15-8-6-5-7-13(15)11-16(22)18-20-14(12-24-18)17(23)19-9-10-21(2)3/h5-8,11-12H,4,9-10H2,1-3H3,(H,19,23). The first kappa shape index (κ1) is 16.7. The summed E-state index contributed by atoms with van der Waals surface area (Å²) in [6.45, 7) is 4.42. The largest absolute Gasteiger partial charge is 0.349 e. The molecule has 0 saturated heterocycles. The van der Waals surface area contributed by atoms with E-state index in [0.717, 1.165) is 23.8 Å². The van der Waals surface area contributed by atoms with Gasteiger partial charge in [-0.1, -0.05) is 18.2 Å². The van der Waals surface area contributed by atoms with Crippen LogP contribution < -0.4 is 5.32 Å². The number of aromatic nitrogens is 2. The Hall–Kier alpha value is -2.18. The maximum absolute atomic E-state index is 12.2. The first-order chi connectivity index (χ1) is 11.6. The van der Waals surface area contributed by atoms with Crippen molar-refractivity contribution in [1.29, 1.82) is 0 Å². The number of benzene rings is 1. The minimum atomic E-state index is -0.112. The number of aryl methyl sites for hydroxylation is 1. The molecule has 126 valence electrons. The van der Waals surface area contributed by atoms with Crippen LogP contribution in [0, 0.1) is 0 Å². The van der Waals surface area contributed by atoms with Gasteiger partial charge < -0.3 is 14.8 Å². The van der Waals surface area contributed by atoms with E-state index in [9.17, 15) is 4.79 Å². The Bertz CT molecular complexity index is 850. The molecule has 24 heavy (non-hydrogen) atoms. The van der Waals surface area contributed by atoms with Crippen LogP contribution >= 0.6 is 11.3 Å². The van der Waals surface area contributed by atoms with Crippen LogP contribution in [0.25, 0.3) is 21.6 Å². The zero-order valence-electron chi connectivity index (χ0n) is 14.2. The molecule has 1 aromatic carbocycles. The third-order valence-corrected chi connectivity index (χ3v) is 4.79. The Balaban J connectivity index is 1.84. The van der Waals surface area contributed by atoms with Gasteiger partial charge in [-0.3, -0.25) is 4.79 Å². The van der Waals surface area contributed by atoms with Crippen LogP contribution in [0.3, 0.4) is 0 Å². The highest BCUT2D eigenvalue weighted by molar-refractivity contribution is 7.13. The summed E-state index contributed by atoms with van der Waals surface area (Å²) in [7, 11) is 3.97. The molecule has 5 nitrogen and oxygen atoms in total. The number of hydrogen-bond acceptors (Lipinski definition) is 4. The van der Waals surface area contributed by atoms with E-state index in [1.807, 2.05) is 36.5 Å². The second-order valence-corrected chi connectivity index (χ2v) is 6.79. The number of nitrogens with one attached hydrogen (secondary N) is 1. The number of likely N-dealkylation sites (N-methyl/N-ethyl adjacent to an activating group) is 1. The maximum atomic E-state index is 12.2. The van der Waals surface area contributed by atoms with Crippen LogP contribution in [0.15, 0.2) is 35.7 Å². The quantitative estimate of drug-likeness (QED) is 0.749. The molecule has 0 radical (unpaired) electrons. The van der Waals surface area contributed by atoms with Gasteiger partial charge in [-0.05, 0) is 33.2 Å². The monoisotopic (exact) mass is 342 g/mol. The molecule has 0 spiro atoms. The van der Waals surface area contributed by atoms with Crippen molar-refractivity contribution in [2.75, 3.05) is 27.2 Å². The predicted octanol–water partition coefficient (Wildman–Crippen LogP) is 3.08. The van der Waals surface area contributed by atoms with Gasteiger partial charge in [0.25, 0.3) is 5.91 Å². The summed E-state index contributed by atoms with van der Waals surface area (Å²) in [5.41, 5.74) is 2.75. The van der Waals surface area contributed by atoms with E-state index in [1.165, 1.54) is 22.2 Å². The predicted molar refractivity (Wildman–Crippen MR) is 99.6 cm³/mol. The Morgan fingerprint density at radius 1 is 1.33 bits per heavy atom. The SMILES string of the molecule is CCn1c(-c2nc(C(=O)NCCN(C)C)cs2)cc2ccccc21. The lowest BCUT2D eigenvalue weighted by atomic mass is 10.2. The average molecular weight is 342 g/mol. The second kappa shape index (κ2) is 7.15. The van der Waals surface area contributed by atoms with Crippen LogP contribution in [0.2, 0.25) is 0 Å². The van der Waals surface area contributed by atoms with Crippen molar-refractivity contribution in [1.82, 2.24) is 19.8 Å². The molecule has 6 heteroatoms. The number of amides is 1. The molecule has 3 aromatic rings. The number of carbonyl (C=O) groups is 1. The maximum Gasteiger partial charge on any atom is 0.270 e. The van der Waals surface area contributed by atoms with Crippen molar-refractivity contribution in [3.63, 3.8) is 0 Å². The van der Waals surface area contributed by atoms with Gasteiger partial charge in [0.15, 0.2) is 0 Å². The van der Waals surface area contributed by atoms with Gasteiger partial charge in [0.1, 0.15) is 10.7 Å². The van der Waals surface area contributed by atoms with Gasteiger partial charge in [-0.25, -0.2) is 4.98 Å². The van der Waals surface area contributed by atoms with Crippen LogP contribution in [0.4, 0.5) is 0 Å². The Kier molecular flexibility index (Phi) is 4.97. The van der Waals surface area contributed by atoms with Gasteiger partial charge in [0, 0.05) is 35.9 Å². The third-order valence-electron chi connectivity index (χ3n) is 3.93. The number of fused-ring (bicyclic) bond motifs is 1. The van der Waals surface area contributed by atoms with Crippen molar-refractivity contribution in [3.05, 3.63) is 41.4 Å². The van der Waals surface area contributed by atoms with Gasteiger partial charge in [-0.2, -0.15) is 0 Å². The highest BCUT2D eigenvalue weighted by Crippen LogP contribution is 2.30. The Labute approximate surface area is 145 Å². The van der Waals surface area contributed by atoms with Crippen molar-refractivity contribution in [3.8, 4) is 10.7 Å². The molecule has 2 heterocycles. The molecule has 3 rings (SSSR count). The van der Waals surface area contributed by atoms with Crippen molar-refractivity contribution in [2.24, 2.45) is 0 Å². The number of rotatable bonds is 6. The van der Waals surface area contributed by atoms with E-state index in [-0.39, 0.29) is 5.91 Å². The Morgan fingerprint density at radius 2 is 2.12 bits per heavy atom. The van der Waals surface area contributed by atoms with Crippen molar-refractivity contribution in [2.45, 2.75) is 13.5 Å². The molecule has 1 amide bonds. The molecule has 0 aliphatic carbocycles. The summed E-state index contributed by atoms with van der Waals surface area (Å²) >= 11 is 1.51.